The van der Waals surface area contributed by atoms with Gasteiger partial charge in [-0.15, -0.1) is 0 Å². The molecule has 12 heteroatoms. The number of rotatable bonds is 7. The lowest BCUT2D eigenvalue weighted by Gasteiger charge is -2.27. The zero-order valence-electron chi connectivity index (χ0n) is 21.5. The maximum atomic E-state index is 13.0. The number of benzene rings is 2. The molecule has 2 aromatic rings. The van der Waals surface area contributed by atoms with Crippen LogP contribution in [-0.2, 0) is 10.9 Å². The fourth-order valence-electron chi connectivity index (χ4n) is 4.52. The Morgan fingerprint density at radius 2 is 1.82 bits per heavy atom. The van der Waals surface area contributed by atoms with Crippen molar-refractivity contribution in [2.24, 2.45) is 0 Å². The molecular formula is C27H33F3N4O5. The van der Waals surface area contributed by atoms with Crippen molar-refractivity contribution in [1.82, 2.24) is 15.1 Å². The van der Waals surface area contributed by atoms with Crippen LogP contribution >= 0.6 is 0 Å². The lowest BCUT2D eigenvalue weighted by Crippen LogP contribution is -2.50. The molecule has 3 amide bonds. The van der Waals surface area contributed by atoms with Gasteiger partial charge in [0.15, 0.2) is 0 Å². The molecule has 0 aliphatic carbocycles. The van der Waals surface area contributed by atoms with Crippen molar-refractivity contribution in [1.29, 1.82) is 0 Å². The van der Waals surface area contributed by atoms with Crippen LogP contribution in [0.4, 0.5) is 23.7 Å². The predicted molar refractivity (Wildman–Crippen MR) is 138 cm³/mol. The summed E-state index contributed by atoms with van der Waals surface area (Å²) in [6, 6.07) is 9.66. The molecule has 4 rings (SSSR count). The third-order valence-corrected chi connectivity index (χ3v) is 6.75. The maximum Gasteiger partial charge on any atom is 0.416 e. The second kappa shape index (κ2) is 13.1. The SMILES string of the molecule is O=C(N[C@@H]1CN(C(=O)Nc2cccc(C(F)(F)F)c2)CCC[C@H]1O)c1ccc(OCCN2CCOCC2)cc1. The predicted octanol–water partition coefficient (Wildman–Crippen LogP) is 3.20. The van der Waals surface area contributed by atoms with Crippen molar-refractivity contribution in [3.63, 3.8) is 0 Å². The summed E-state index contributed by atoms with van der Waals surface area (Å²) in [6.45, 7) is 4.77. The standard InChI is InChI=1S/C27H33F3N4O5/c28-27(29,30)20-3-1-4-21(17-20)31-26(37)34-10-2-5-24(35)23(18-34)32-25(36)19-6-8-22(9-7-19)39-16-13-33-11-14-38-15-12-33/h1,3-4,6-9,17,23-24,35H,2,5,10-16,18H2,(H,31,37)(H,32,36)/t23-,24-/m1/s1. The van der Waals surface area contributed by atoms with E-state index in [1.165, 1.54) is 17.0 Å². The Balaban J connectivity index is 1.30. The summed E-state index contributed by atoms with van der Waals surface area (Å²) in [7, 11) is 0. The number of ether oxygens (including phenoxy) is 2. The van der Waals surface area contributed by atoms with Crippen LogP contribution < -0.4 is 15.4 Å². The lowest BCUT2D eigenvalue weighted by molar-refractivity contribution is -0.137. The minimum atomic E-state index is -4.53. The Morgan fingerprint density at radius 3 is 2.54 bits per heavy atom. The number of halogens is 3. The number of morpholine rings is 1. The highest BCUT2D eigenvalue weighted by molar-refractivity contribution is 5.94. The first-order chi connectivity index (χ1) is 18.7. The number of alkyl halides is 3. The average molecular weight is 551 g/mol. The van der Waals surface area contributed by atoms with Crippen LogP contribution in [0.2, 0.25) is 0 Å². The highest BCUT2D eigenvalue weighted by Crippen LogP contribution is 2.30. The largest absolute Gasteiger partial charge is 0.492 e. The molecule has 2 aliphatic heterocycles. The van der Waals surface area contributed by atoms with Gasteiger partial charge in [-0.2, -0.15) is 13.2 Å². The molecule has 2 fully saturated rings. The minimum Gasteiger partial charge on any atom is -0.492 e. The van der Waals surface area contributed by atoms with Crippen LogP contribution in [0, 0.1) is 0 Å². The van der Waals surface area contributed by atoms with Gasteiger partial charge in [0, 0.05) is 44.0 Å². The van der Waals surface area contributed by atoms with Crippen molar-refractivity contribution in [3.8, 4) is 5.75 Å². The molecule has 2 saturated heterocycles. The number of anilines is 1. The Bertz CT molecular complexity index is 1110. The quantitative estimate of drug-likeness (QED) is 0.490. The van der Waals surface area contributed by atoms with Crippen molar-refractivity contribution in [2.45, 2.75) is 31.2 Å². The van der Waals surface area contributed by atoms with Gasteiger partial charge in [-0.25, -0.2) is 4.79 Å². The molecule has 0 aromatic heterocycles. The van der Waals surface area contributed by atoms with E-state index in [4.69, 9.17) is 9.47 Å². The highest BCUT2D eigenvalue weighted by Gasteiger charge is 2.32. The molecule has 212 valence electrons. The van der Waals surface area contributed by atoms with E-state index in [9.17, 15) is 27.9 Å². The van der Waals surface area contributed by atoms with Gasteiger partial charge in [-0.3, -0.25) is 9.69 Å². The van der Waals surface area contributed by atoms with E-state index in [0.29, 0.717) is 30.8 Å². The van der Waals surface area contributed by atoms with Crippen LogP contribution in [0.25, 0.3) is 0 Å². The van der Waals surface area contributed by atoms with Gasteiger partial charge in [0.25, 0.3) is 5.91 Å². The smallest absolute Gasteiger partial charge is 0.416 e. The second-order valence-electron chi connectivity index (χ2n) is 9.57. The molecular weight excluding hydrogens is 517 g/mol. The molecule has 0 unspecified atom stereocenters. The number of nitrogens with one attached hydrogen (secondary N) is 2. The van der Waals surface area contributed by atoms with Crippen LogP contribution in [0.5, 0.6) is 5.75 Å². The normalized spacial score (nSPS) is 20.7. The molecule has 0 spiro atoms. The monoisotopic (exact) mass is 550 g/mol. The number of aliphatic hydroxyl groups is 1. The average Bonchev–Trinajstić information content (AvgIpc) is 3.10. The third-order valence-electron chi connectivity index (χ3n) is 6.75. The number of hydrogen-bond acceptors (Lipinski definition) is 6. The van der Waals surface area contributed by atoms with E-state index in [-0.39, 0.29) is 18.8 Å². The van der Waals surface area contributed by atoms with Crippen molar-refractivity contribution in [3.05, 3.63) is 59.7 Å². The number of hydrogen-bond donors (Lipinski definition) is 3. The number of urea groups is 1. The summed E-state index contributed by atoms with van der Waals surface area (Å²) in [4.78, 5) is 29.4. The Labute approximate surface area is 224 Å². The number of amides is 3. The molecule has 0 bridgehead atoms. The molecule has 0 radical (unpaired) electrons. The van der Waals surface area contributed by atoms with E-state index in [1.807, 2.05) is 0 Å². The van der Waals surface area contributed by atoms with E-state index in [0.717, 1.165) is 45.0 Å². The summed E-state index contributed by atoms with van der Waals surface area (Å²) in [5, 5.41) is 15.9. The summed E-state index contributed by atoms with van der Waals surface area (Å²) in [6.07, 6.45) is -4.59. The van der Waals surface area contributed by atoms with Crippen LogP contribution in [0.1, 0.15) is 28.8 Å². The van der Waals surface area contributed by atoms with Gasteiger partial charge in [0.1, 0.15) is 12.4 Å². The lowest BCUT2D eigenvalue weighted by atomic mass is 10.1. The van der Waals surface area contributed by atoms with Gasteiger partial charge < -0.3 is 30.1 Å². The maximum absolute atomic E-state index is 13.0. The summed E-state index contributed by atoms with van der Waals surface area (Å²) in [5.74, 6) is 0.214. The molecule has 39 heavy (non-hydrogen) atoms. The van der Waals surface area contributed by atoms with E-state index >= 15 is 0 Å². The second-order valence-corrected chi connectivity index (χ2v) is 9.57. The number of carbonyl (C=O) groups is 2. The third kappa shape index (κ3) is 8.32. The first-order valence-electron chi connectivity index (χ1n) is 12.9. The zero-order valence-corrected chi connectivity index (χ0v) is 21.5. The molecule has 0 saturated carbocycles. The van der Waals surface area contributed by atoms with E-state index < -0.39 is 35.8 Å². The van der Waals surface area contributed by atoms with E-state index in [2.05, 4.69) is 15.5 Å². The van der Waals surface area contributed by atoms with Crippen LogP contribution in [-0.4, -0.2) is 91.5 Å². The van der Waals surface area contributed by atoms with Crippen molar-refractivity contribution >= 4 is 17.6 Å². The zero-order chi connectivity index (χ0) is 27.8. The first-order valence-corrected chi connectivity index (χ1v) is 12.9. The topological polar surface area (TPSA) is 103 Å². The van der Waals surface area contributed by atoms with Gasteiger partial charge in [0.2, 0.25) is 0 Å². The first kappa shape index (κ1) is 28.7. The minimum absolute atomic E-state index is 0.000433. The molecule has 2 aliphatic rings. The Kier molecular flexibility index (Phi) is 9.65. The summed E-state index contributed by atoms with van der Waals surface area (Å²) >= 11 is 0. The van der Waals surface area contributed by atoms with Crippen molar-refractivity contribution in [2.75, 3.05) is 57.9 Å². The van der Waals surface area contributed by atoms with Gasteiger partial charge in [-0.05, 0) is 55.3 Å². The summed E-state index contributed by atoms with van der Waals surface area (Å²) < 4.78 is 50.1. The molecule has 2 atom stereocenters. The molecule has 2 heterocycles. The van der Waals surface area contributed by atoms with Crippen LogP contribution in [0.3, 0.4) is 0 Å². The van der Waals surface area contributed by atoms with Gasteiger partial charge >= 0.3 is 12.2 Å². The van der Waals surface area contributed by atoms with Gasteiger partial charge in [-0.1, -0.05) is 6.07 Å². The molecule has 3 N–H and O–H groups in total. The molecule has 2 aromatic carbocycles. The van der Waals surface area contributed by atoms with Gasteiger partial charge in [0.05, 0.1) is 30.9 Å². The number of aliphatic hydroxyl groups excluding tert-OH is 1. The fourth-order valence-corrected chi connectivity index (χ4v) is 4.52. The van der Waals surface area contributed by atoms with E-state index in [1.54, 1.807) is 24.3 Å². The number of likely N-dealkylation sites (tertiary alicyclic amines) is 1. The van der Waals surface area contributed by atoms with Crippen molar-refractivity contribution < 1.29 is 37.3 Å². The van der Waals surface area contributed by atoms with Crippen LogP contribution in [0.15, 0.2) is 48.5 Å². The Morgan fingerprint density at radius 1 is 1.08 bits per heavy atom. The summed E-state index contributed by atoms with van der Waals surface area (Å²) in [5.41, 5.74) is -0.496. The molecule has 9 nitrogen and oxygen atoms in total. The number of carbonyl (C=O) groups excluding carboxylic acids is 2. The number of nitrogens with zero attached hydrogens (tertiary/aromatic N) is 2. The fraction of sp³-hybridized carbons (Fsp3) is 0.481. The highest BCUT2D eigenvalue weighted by atomic mass is 19.4. The Hall–Kier alpha value is -3.35.